The van der Waals surface area contributed by atoms with E-state index in [1.807, 2.05) is 73.0 Å². The van der Waals surface area contributed by atoms with Crippen molar-refractivity contribution in [1.82, 2.24) is 5.32 Å². The zero-order valence-corrected chi connectivity index (χ0v) is 16.3. The first-order chi connectivity index (χ1) is 13.6. The van der Waals surface area contributed by atoms with Crippen LogP contribution in [0, 0.1) is 6.92 Å². The number of hydrogen-bond donors (Lipinski definition) is 1. The molecule has 1 atom stereocenters. The van der Waals surface area contributed by atoms with Gasteiger partial charge in [0.2, 0.25) is 0 Å². The Morgan fingerprint density at radius 1 is 1.00 bits per heavy atom. The van der Waals surface area contributed by atoms with Gasteiger partial charge in [-0.05, 0) is 41.6 Å². The van der Waals surface area contributed by atoms with Crippen LogP contribution in [0.5, 0.6) is 5.75 Å². The van der Waals surface area contributed by atoms with Gasteiger partial charge in [0, 0.05) is 4.88 Å². The third-order valence-corrected chi connectivity index (χ3v) is 4.91. The Labute approximate surface area is 167 Å². The van der Waals surface area contributed by atoms with Gasteiger partial charge in [-0.25, -0.2) is 4.79 Å². The number of benzene rings is 2. The Morgan fingerprint density at radius 3 is 2.54 bits per heavy atom. The van der Waals surface area contributed by atoms with Gasteiger partial charge >= 0.3 is 5.97 Å². The van der Waals surface area contributed by atoms with Crippen LogP contribution in [0.2, 0.25) is 0 Å². The third-order valence-electron chi connectivity index (χ3n) is 3.98. The first-order valence-electron chi connectivity index (χ1n) is 8.84. The van der Waals surface area contributed by atoms with Crippen LogP contribution in [-0.4, -0.2) is 25.1 Å². The van der Waals surface area contributed by atoms with Gasteiger partial charge < -0.3 is 14.8 Å². The molecule has 0 aliphatic carbocycles. The molecule has 0 aliphatic heterocycles. The monoisotopic (exact) mass is 395 g/mol. The van der Waals surface area contributed by atoms with Crippen LogP contribution in [0.25, 0.3) is 0 Å². The molecule has 0 bridgehead atoms. The van der Waals surface area contributed by atoms with E-state index in [1.54, 1.807) is 17.4 Å². The number of carbonyl (C=O) groups is 2. The molecule has 0 saturated heterocycles. The molecule has 144 valence electrons. The summed E-state index contributed by atoms with van der Waals surface area (Å²) in [5.74, 6) is -0.376. The smallest absolute Gasteiger partial charge is 0.344 e. The molecule has 0 spiro atoms. The second kappa shape index (κ2) is 9.71. The number of carbonyl (C=O) groups excluding carboxylic acids is 2. The fourth-order valence-corrected chi connectivity index (χ4v) is 3.46. The number of thiophene rings is 1. The fourth-order valence-electron chi connectivity index (χ4n) is 2.66. The fraction of sp³-hybridized carbons (Fsp3) is 0.182. The van der Waals surface area contributed by atoms with Gasteiger partial charge in [-0.3, -0.25) is 4.79 Å². The predicted molar refractivity (Wildman–Crippen MR) is 108 cm³/mol. The van der Waals surface area contributed by atoms with Gasteiger partial charge in [0.25, 0.3) is 5.91 Å². The van der Waals surface area contributed by atoms with Crippen LogP contribution < -0.4 is 10.1 Å². The molecule has 0 fully saturated rings. The molecule has 1 amide bonds. The number of amides is 1. The summed E-state index contributed by atoms with van der Waals surface area (Å²) in [7, 11) is 0. The minimum absolute atomic E-state index is 0.246. The van der Waals surface area contributed by atoms with E-state index >= 15 is 0 Å². The van der Waals surface area contributed by atoms with Crippen molar-refractivity contribution in [2.24, 2.45) is 0 Å². The van der Waals surface area contributed by atoms with E-state index in [0.717, 1.165) is 16.0 Å². The van der Waals surface area contributed by atoms with Crippen molar-refractivity contribution in [2.45, 2.75) is 13.0 Å². The lowest BCUT2D eigenvalue weighted by atomic mass is 10.1. The average Bonchev–Trinajstić information content (AvgIpc) is 3.24. The Balaban J connectivity index is 1.51. The van der Waals surface area contributed by atoms with E-state index in [4.69, 9.17) is 9.47 Å². The molecule has 5 nitrogen and oxygen atoms in total. The second-order valence-corrected chi connectivity index (χ2v) is 7.17. The zero-order chi connectivity index (χ0) is 19.8. The number of hydrogen-bond acceptors (Lipinski definition) is 5. The SMILES string of the molecule is Cc1cccc(OCC(=O)OCC(=O)N[C@@H](c2ccccc2)c2cccs2)c1. The molecule has 1 heterocycles. The summed E-state index contributed by atoms with van der Waals surface area (Å²) in [6, 6.07) is 20.7. The molecular weight excluding hydrogens is 374 g/mol. The second-order valence-electron chi connectivity index (χ2n) is 6.19. The van der Waals surface area contributed by atoms with Crippen LogP contribution in [0.4, 0.5) is 0 Å². The van der Waals surface area contributed by atoms with Crippen LogP contribution in [-0.2, 0) is 14.3 Å². The number of esters is 1. The van der Waals surface area contributed by atoms with Crippen LogP contribution in [0.15, 0.2) is 72.1 Å². The van der Waals surface area contributed by atoms with Crippen LogP contribution in [0.1, 0.15) is 22.0 Å². The van der Waals surface area contributed by atoms with Gasteiger partial charge in [0.15, 0.2) is 13.2 Å². The van der Waals surface area contributed by atoms with Crippen molar-refractivity contribution in [2.75, 3.05) is 13.2 Å². The summed E-state index contributed by atoms with van der Waals surface area (Å²) < 4.78 is 10.4. The van der Waals surface area contributed by atoms with E-state index in [9.17, 15) is 9.59 Å². The highest BCUT2D eigenvalue weighted by molar-refractivity contribution is 7.10. The molecule has 1 N–H and O–H groups in total. The maximum absolute atomic E-state index is 12.3. The van der Waals surface area contributed by atoms with E-state index in [1.165, 1.54) is 0 Å². The summed E-state index contributed by atoms with van der Waals surface area (Å²) >= 11 is 1.56. The normalized spacial score (nSPS) is 11.5. The highest BCUT2D eigenvalue weighted by atomic mass is 32.1. The standard InChI is InChI=1S/C22H21NO4S/c1-16-7-5-10-18(13-16)26-15-21(25)27-14-20(24)23-22(19-11-6-12-28-19)17-8-3-2-4-9-17/h2-13,22H,14-15H2,1H3,(H,23,24)/t22-/m0/s1. The van der Waals surface area contributed by atoms with Crippen molar-refractivity contribution < 1.29 is 19.1 Å². The Morgan fingerprint density at radius 2 is 1.82 bits per heavy atom. The molecule has 6 heteroatoms. The predicted octanol–water partition coefficient (Wildman–Crippen LogP) is 3.88. The van der Waals surface area contributed by atoms with Gasteiger partial charge in [-0.2, -0.15) is 0 Å². The molecule has 0 aliphatic rings. The molecule has 0 saturated carbocycles. The topological polar surface area (TPSA) is 64.6 Å². The van der Waals surface area contributed by atoms with E-state index in [-0.39, 0.29) is 25.2 Å². The number of rotatable bonds is 8. The largest absolute Gasteiger partial charge is 0.482 e. The molecule has 2 aromatic carbocycles. The zero-order valence-electron chi connectivity index (χ0n) is 15.5. The van der Waals surface area contributed by atoms with Crippen LogP contribution in [0.3, 0.4) is 0 Å². The first kappa shape index (κ1) is 19.6. The molecule has 3 aromatic rings. The first-order valence-corrected chi connectivity index (χ1v) is 9.72. The van der Waals surface area contributed by atoms with E-state index in [2.05, 4.69) is 5.32 Å². The Kier molecular flexibility index (Phi) is 6.81. The highest BCUT2D eigenvalue weighted by Gasteiger charge is 2.18. The van der Waals surface area contributed by atoms with Gasteiger partial charge in [-0.1, -0.05) is 48.5 Å². The summed E-state index contributed by atoms with van der Waals surface area (Å²) in [6.45, 7) is 1.33. The summed E-state index contributed by atoms with van der Waals surface area (Å²) in [6.07, 6.45) is 0. The van der Waals surface area contributed by atoms with Gasteiger partial charge in [0.05, 0.1) is 6.04 Å². The maximum Gasteiger partial charge on any atom is 0.344 e. The lowest BCUT2D eigenvalue weighted by Gasteiger charge is -2.18. The highest BCUT2D eigenvalue weighted by Crippen LogP contribution is 2.25. The van der Waals surface area contributed by atoms with Crippen molar-refractivity contribution >= 4 is 23.2 Å². The van der Waals surface area contributed by atoms with E-state index in [0.29, 0.717) is 5.75 Å². The minimum Gasteiger partial charge on any atom is -0.482 e. The molecule has 3 rings (SSSR count). The number of aryl methyl sites for hydroxylation is 1. The third kappa shape index (κ3) is 5.69. The molecule has 0 radical (unpaired) electrons. The lowest BCUT2D eigenvalue weighted by Crippen LogP contribution is -2.33. The Hall–Kier alpha value is -3.12. The number of nitrogens with one attached hydrogen (secondary N) is 1. The average molecular weight is 395 g/mol. The van der Waals surface area contributed by atoms with E-state index < -0.39 is 5.97 Å². The summed E-state index contributed by atoms with van der Waals surface area (Å²) in [5, 5.41) is 4.88. The van der Waals surface area contributed by atoms with Gasteiger partial charge in [0.1, 0.15) is 5.75 Å². The van der Waals surface area contributed by atoms with Crippen molar-refractivity contribution in [3.05, 3.63) is 88.1 Å². The van der Waals surface area contributed by atoms with Crippen LogP contribution >= 0.6 is 11.3 Å². The number of ether oxygens (including phenoxy) is 2. The minimum atomic E-state index is -0.593. The van der Waals surface area contributed by atoms with Gasteiger partial charge in [-0.15, -0.1) is 11.3 Å². The molecule has 0 unspecified atom stereocenters. The summed E-state index contributed by atoms with van der Waals surface area (Å²) in [5.41, 5.74) is 2.00. The van der Waals surface area contributed by atoms with Crippen molar-refractivity contribution in [3.8, 4) is 5.75 Å². The molecule has 28 heavy (non-hydrogen) atoms. The van der Waals surface area contributed by atoms with Crippen molar-refractivity contribution in [1.29, 1.82) is 0 Å². The maximum atomic E-state index is 12.3. The molecule has 1 aromatic heterocycles. The summed E-state index contributed by atoms with van der Waals surface area (Å²) in [4.78, 5) is 25.2. The molecular formula is C22H21NO4S. The lowest BCUT2D eigenvalue weighted by molar-refractivity contribution is -0.150. The Bertz CT molecular complexity index is 909. The quantitative estimate of drug-likeness (QED) is 0.588. The van der Waals surface area contributed by atoms with Crippen molar-refractivity contribution in [3.63, 3.8) is 0 Å².